The summed E-state index contributed by atoms with van der Waals surface area (Å²) in [6, 6.07) is 7.81. The number of hydrogen-bond donors (Lipinski definition) is 3. The zero-order valence-electron chi connectivity index (χ0n) is 9.23. The van der Waals surface area contributed by atoms with Crippen molar-refractivity contribution in [2.24, 2.45) is 0 Å². The summed E-state index contributed by atoms with van der Waals surface area (Å²) in [4.78, 5) is 11.9. The van der Waals surface area contributed by atoms with Gasteiger partial charge in [0.25, 0.3) is 0 Å². The van der Waals surface area contributed by atoms with Crippen LogP contribution in [-0.2, 0) is 4.79 Å². The molecule has 1 heterocycles. The van der Waals surface area contributed by atoms with Gasteiger partial charge < -0.3 is 15.7 Å². The molecule has 1 aromatic rings. The maximum Gasteiger partial charge on any atom is 0.229 e. The van der Waals surface area contributed by atoms with E-state index in [0.717, 1.165) is 11.3 Å². The van der Waals surface area contributed by atoms with Crippen molar-refractivity contribution in [3.63, 3.8) is 0 Å². The lowest BCUT2D eigenvalue weighted by Gasteiger charge is -2.12. The highest BCUT2D eigenvalue weighted by atomic mass is 16.3. The predicted molar refractivity (Wildman–Crippen MR) is 62.4 cm³/mol. The topological polar surface area (TPSA) is 61.4 Å². The van der Waals surface area contributed by atoms with E-state index in [1.807, 2.05) is 24.3 Å². The number of hydrogen-bond acceptors (Lipinski definition) is 3. The summed E-state index contributed by atoms with van der Waals surface area (Å²) < 4.78 is 0. The third kappa shape index (κ3) is 2.17. The number of benzene rings is 1. The molecule has 1 amide bonds. The van der Waals surface area contributed by atoms with Gasteiger partial charge in [0.05, 0.1) is 12.0 Å². The van der Waals surface area contributed by atoms with Crippen LogP contribution in [0, 0.1) is 0 Å². The number of para-hydroxylation sites is 1. The SMILES string of the molecule is CC(O)CNC(=O)C1CNc2ccccc21. The first-order valence-electron chi connectivity index (χ1n) is 5.47. The number of fused-ring (bicyclic) bond motifs is 1. The molecule has 1 aliphatic heterocycles. The van der Waals surface area contributed by atoms with Crippen LogP contribution in [0.3, 0.4) is 0 Å². The third-order valence-corrected chi connectivity index (χ3v) is 2.72. The normalized spacial score (nSPS) is 19.8. The molecule has 4 heteroatoms. The summed E-state index contributed by atoms with van der Waals surface area (Å²) in [5.74, 6) is -0.173. The second-order valence-electron chi connectivity index (χ2n) is 4.11. The van der Waals surface area contributed by atoms with Crippen molar-refractivity contribution in [1.82, 2.24) is 5.32 Å². The average Bonchev–Trinajstić information content (AvgIpc) is 2.69. The van der Waals surface area contributed by atoms with Crippen LogP contribution in [-0.4, -0.2) is 30.2 Å². The van der Waals surface area contributed by atoms with Gasteiger partial charge in [-0.15, -0.1) is 0 Å². The highest BCUT2D eigenvalue weighted by Crippen LogP contribution is 2.30. The van der Waals surface area contributed by atoms with E-state index in [2.05, 4.69) is 10.6 Å². The minimum atomic E-state index is -0.506. The Bertz CT molecular complexity index is 390. The molecule has 1 aliphatic rings. The molecule has 2 atom stereocenters. The first kappa shape index (κ1) is 11.0. The molecule has 0 aliphatic carbocycles. The zero-order valence-corrected chi connectivity index (χ0v) is 9.23. The van der Waals surface area contributed by atoms with Crippen molar-refractivity contribution >= 4 is 11.6 Å². The third-order valence-electron chi connectivity index (χ3n) is 2.72. The average molecular weight is 220 g/mol. The van der Waals surface area contributed by atoms with Gasteiger partial charge in [0.2, 0.25) is 5.91 Å². The van der Waals surface area contributed by atoms with Crippen LogP contribution in [0.15, 0.2) is 24.3 Å². The summed E-state index contributed by atoms with van der Waals surface area (Å²) in [6.07, 6.45) is -0.506. The van der Waals surface area contributed by atoms with Crippen molar-refractivity contribution in [3.05, 3.63) is 29.8 Å². The summed E-state index contributed by atoms with van der Waals surface area (Å²) in [5.41, 5.74) is 2.06. The molecule has 0 saturated heterocycles. The fourth-order valence-electron chi connectivity index (χ4n) is 1.89. The fourth-order valence-corrected chi connectivity index (χ4v) is 1.89. The van der Waals surface area contributed by atoms with E-state index in [1.54, 1.807) is 6.92 Å². The molecule has 86 valence electrons. The monoisotopic (exact) mass is 220 g/mol. The van der Waals surface area contributed by atoms with Gasteiger partial charge in [-0.05, 0) is 18.6 Å². The second-order valence-corrected chi connectivity index (χ2v) is 4.11. The largest absolute Gasteiger partial charge is 0.392 e. The highest BCUT2D eigenvalue weighted by molar-refractivity contribution is 5.88. The van der Waals surface area contributed by atoms with E-state index in [0.29, 0.717) is 13.1 Å². The quantitative estimate of drug-likeness (QED) is 0.702. The lowest BCUT2D eigenvalue weighted by Crippen LogP contribution is -2.35. The number of aliphatic hydroxyl groups is 1. The minimum Gasteiger partial charge on any atom is -0.392 e. The van der Waals surface area contributed by atoms with E-state index in [-0.39, 0.29) is 11.8 Å². The molecule has 0 saturated carbocycles. The Labute approximate surface area is 94.7 Å². The highest BCUT2D eigenvalue weighted by Gasteiger charge is 2.27. The van der Waals surface area contributed by atoms with Gasteiger partial charge in [-0.1, -0.05) is 18.2 Å². The number of anilines is 1. The van der Waals surface area contributed by atoms with E-state index < -0.39 is 6.10 Å². The van der Waals surface area contributed by atoms with Gasteiger partial charge in [-0.3, -0.25) is 4.79 Å². The van der Waals surface area contributed by atoms with Gasteiger partial charge in [-0.25, -0.2) is 0 Å². The number of rotatable bonds is 3. The van der Waals surface area contributed by atoms with Crippen LogP contribution in [0.2, 0.25) is 0 Å². The smallest absolute Gasteiger partial charge is 0.229 e. The van der Waals surface area contributed by atoms with Gasteiger partial charge in [-0.2, -0.15) is 0 Å². The second kappa shape index (κ2) is 4.53. The number of carbonyl (C=O) groups is 1. The zero-order chi connectivity index (χ0) is 11.5. The molecule has 0 spiro atoms. The van der Waals surface area contributed by atoms with Crippen LogP contribution in [0.4, 0.5) is 5.69 Å². The fraction of sp³-hybridized carbons (Fsp3) is 0.417. The van der Waals surface area contributed by atoms with Crippen molar-refractivity contribution in [1.29, 1.82) is 0 Å². The Balaban J connectivity index is 2.04. The Kier molecular flexibility index (Phi) is 3.10. The molecule has 2 unspecified atom stereocenters. The minimum absolute atomic E-state index is 0.0293. The Morgan fingerprint density at radius 3 is 3.12 bits per heavy atom. The van der Waals surface area contributed by atoms with Crippen LogP contribution in [0.5, 0.6) is 0 Å². The molecule has 0 bridgehead atoms. The number of aliphatic hydroxyl groups excluding tert-OH is 1. The Morgan fingerprint density at radius 1 is 1.62 bits per heavy atom. The summed E-state index contributed by atoms with van der Waals surface area (Å²) in [5, 5.41) is 15.0. The standard InChI is InChI=1S/C12H16N2O2/c1-8(15)6-14-12(16)10-7-13-11-5-3-2-4-9(10)11/h2-5,8,10,13,15H,6-7H2,1H3,(H,14,16). The maximum atomic E-state index is 11.9. The number of nitrogens with one attached hydrogen (secondary N) is 2. The van der Waals surface area contributed by atoms with Crippen molar-refractivity contribution < 1.29 is 9.90 Å². The molecular weight excluding hydrogens is 204 g/mol. The predicted octanol–water partition coefficient (Wildman–Crippen LogP) is 0.693. The summed E-state index contributed by atoms with van der Waals surface area (Å²) in [6.45, 7) is 2.59. The van der Waals surface area contributed by atoms with Crippen molar-refractivity contribution in [2.45, 2.75) is 18.9 Å². The molecular formula is C12H16N2O2. The molecule has 0 aromatic heterocycles. The molecule has 0 fully saturated rings. The maximum absolute atomic E-state index is 11.9. The summed E-state index contributed by atoms with van der Waals surface area (Å²) >= 11 is 0. The number of carbonyl (C=O) groups excluding carboxylic acids is 1. The van der Waals surface area contributed by atoms with Gasteiger partial charge in [0.1, 0.15) is 0 Å². The van der Waals surface area contributed by atoms with E-state index in [9.17, 15) is 4.79 Å². The first-order valence-corrected chi connectivity index (χ1v) is 5.47. The molecule has 0 radical (unpaired) electrons. The van der Waals surface area contributed by atoms with Gasteiger partial charge in [0.15, 0.2) is 0 Å². The summed E-state index contributed by atoms with van der Waals surface area (Å²) in [7, 11) is 0. The molecule has 4 nitrogen and oxygen atoms in total. The van der Waals surface area contributed by atoms with Gasteiger partial charge >= 0.3 is 0 Å². The molecule has 2 rings (SSSR count). The molecule has 1 aromatic carbocycles. The van der Waals surface area contributed by atoms with Crippen LogP contribution < -0.4 is 10.6 Å². The molecule has 3 N–H and O–H groups in total. The van der Waals surface area contributed by atoms with Gasteiger partial charge in [0, 0.05) is 18.8 Å². The van der Waals surface area contributed by atoms with Crippen LogP contribution in [0.1, 0.15) is 18.4 Å². The first-order chi connectivity index (χ1) is 7.68. The lowest BCUT2D eigenvalue weighted by molar-refractivity contribution is -0.122. The van der Waals surface area contributed by atoms with Crippen LogP contribution in [0.25, 0.3) is 0 Å². The van der Waals surface area contributed by atoms with E-state index >= 15 is 0 Å². The van der Waals surface area contributed by atoms with Crippen molar-refractivity contribution in [3.8, 4) is 0 Å². The Hall–Kier alpha value is -1.55. The van der Waals surface area contributed by atoms with Crippen LogP contribution >= 0.6 is 0 Å². The van der Waals surface area contributed by atoms with E-state index in [4.69, 9.17) is 5.11 Å². The lowest BCUT2D eigenvalue weighted by atomic mass is 10.0. The van der Waals surface area contributed by atoms with E-state index in [1.165, 1.54) is 0 Å². The number of amides is 1. The van der Waals surface area contributed by atoms with Crippen molar-refractivity contribution in [2.75, 3.05) is 18.4 Å². The molecule has 16 heavy (non-hydrogen) atoms. The Morgan fingerprint density at radius 2 is 2.38 bits per heavy atom.